The van der Waals surface area contributed by atoms with Crippen LogP contribution >= 0.6 is 0 Å². The largest absolute Gasteiger partial charge is 0.349 e. The highest BCUT2D eigenvalue weighted by Crippen LogP contribution is 2.64. The second-order valence-electron chi connectivity index (χ2n) is 12.0. The molecule has 1 N–H and O–H groups in total. The molecule has 0 saturated heterocycles. The van der Waals surface area contributed by atoms with E-state index in [-0.39, 0.29) is 11.9 Å². The molecule has 1 aromatic carbocycles. The van der Waals surface area contributed by atoms with Crippen LogP contribution in [0.3, 0.4) is 0 Å². The van der Waals surface area contributed by atoms with Crippen molar-refractivity contribution >= 4 is 5.91 Å². The maximum Gasteiger partial charge on any atom is 0.251 e. The maximum absolute atomic E-state index is 12.9. The lowest BCUT2D eigenvalue weighted by Gasteiger charge is -2.56. The summed E-state index contributed by atoms with van der Waals surface area (Å²) in [6.45, 7) is 7.26. The van der Waals surface area contributed by atoms with Gasteiger partial charge < -0.3 is 5.32 Å². The molecule has 9 atom stereocenters. The minimum atomic E-state index is -0.000408. The van der Waals surface area contributed by atoms with E-state index in [9.17, 15) is 4.79 Å². The summed E-state index contributed by atoms with van der Waals surface area (Å²) in [6.07, 6.45) is 12.7. The zero-order valence-corrected chi connectivity index (χ0v) is 20.1. The number of nitrogens with zero attached hydrogens (tertiary/aromatic N) is 1. The third-order valence-corrected chi connectivity index (χ3v) is 10.5. The lowest BCUT2D eigenvalue weighted by atomic mass is 9.49. The first-order valence-corrected chi connectivity index (χ1v) is 13.2. The van der Waals surface area contributed by atoms with Crippen molar-refractivity contribution in [2.24, 2.45) is 46.8 Å². The van der Waals surface area contributed by atoms with Gasteiger partial charge in [0.15, 0.2) is 0 Å². The molecule has 4 aliphatic rings. The molecule has 0 aliphatic heterocycles. The molecule has 3 heteroatoms. The number of benzene rings is 1. The van der Waals surface area contributed by atoms with E-state index in [1.54, 1.807) is 24.3 Å². The molecule has 32 heavy (non-hydrogen) atoms. The van der Waals surface area contributed by atoms with Gasteiger partial charge in [0.1, 0.15) is 0 Å². The first kappa shape index (κ1) is 22.0. The first-order valence-electron chi connectivity index (χ1n) is 13.2. The quantitative estimate of drug-likeness (QED) is 0.586. The summed E-state index contributed by atoms with van der Waals surface area (Å²) >= 11 is 0. The van der Waals surface area contributed by atoms with Gasteiger partial charge in [-0.2, -0.15) is 5.26 Å². The third-order valence-electron chi connectivity index (χ3n) is 10.5. The number of fused-ring (bicyclic) bond motifs is 5. The molecule has 0 heterocycles. The zero-order chi connectivity index (χ0) is 22.5. The molecule has 3 unspecified atom stereocenters. The predicted octanol–water partition coefficient (Wildman–Crippen LogP) is 6.58. The molecule has 3 nitrogen and oxygen atoms in total. The van der Waals surface area contributed by atoms with Crippen LogP contribution in [0.25, 0.3) is 0 Å². The normalized spacial score (nSPS) is 41.5. The SMILES string of the molecule is C[C@H]1CC[C@@H]2C3CC[C@@]4(C)C(CCC4[C@H](C)NC(=O)c4ccc(C#N)cc4)[C@@H]3CC[C@@H]2C1. The van der Waals surface area contributed by atoms with Gasteiger partial charge in [-0.15, -0.1) is 0 Å². The molecule has 0 spiro atoms. The summed E-state index contributed by atoms with van der Waals surface area (Å²) in [5.41, 5.74) is 1.62. The van der Waals surface area contributed by atoms with E-state index in [0.29, 0.717) is 22.5 Å². The third kappa shape index (κ3) is 3.68. The van der Waals surface area contributed by atoms with Gasteiger partial charge in [0.2, 0.25) is 0 Å². The monoisotopic (exact) mass is 432 g/mol. The van der Waals surface area contributed by atoms with E-state index in [2.05, 4.69) is 32.2 Å². The van der Waals surface area contributed by atoms with Crippen LogP contribution in [0.4, 0.5) is 0 Å². The molecule has 1 aromatic rings. The molecule has 4 fully saturated rings. The molecule has 4 saturated carbocycles. The lowest BCUT2D eigenvalue weighted by Crippen LogP contribution is -2.51. The molecule has 5 rings (SSSR count). The summed E-state index contributed by atoms with van der Waals surface area (Å²) < 4.78 is 0. The van der Waals surface area contributed by atoms with Crippen LogP contribution < -0.4 is 5.32 Å². The Kier molecular flexibility index (Phi) is 5.85. The van der Waals surface area contributed by atoms with Gasteiger partial charge >= 0.3 is 0 Å². The first-order chi connectivity index (χ1) is 15.4. The number of carbonyl (C=O) groups is 1. The average Bonchev–Trinajstić information content (AvgIpc) is 3.16. The van der Waals surface area contributed by atoms with Crippen LogP contribution in [-0.2, 0) is 0 Å². The van der Waals surface area contributed by atoms with E-state index in [0.717, 1.165) is 35.5 Å². The number of amides is 1. The number of hydrogen-bond donors (Lipinski definition) is 1. The minimum Gasteiger partial charge on any atom is -0.349 e. The Morgan fingerprint density at radius 3 is 2.53 bits per heavy atom. The van der Waals surface area contributed by atoms with E-state index < -0.39 is 0 Å². The van der Waals surface area contributed by atoms with Crippen LogP contribution in [-0.4, -0.2) is 11.9 Å². The minimum absolute atomic E-state index is 0.000408. The topological polar surface area (TPSA) is 52.9 Å². The Labute approximate surface area is 194 Å². The summed E-state index contributed by atoms with van der Waals surface area (Å²) in [5, 5.41) is 12.3. The average molecular weight is 433 g/mol. The zero-order valence-electron chi connectivity index (χ0n) is 20.1. The number of nitrogens with one attached hydrogen (secondary N) is 1. The summed E-state index contributed by atoms with van der Waals surface area (Å²) in [6, 6.07) is 9.33. The van der Waals surface area contributed by atoms with Crippen molar-refractivity contribution in [3.8, 4) is 6.07 Å². The Bertz CT molecular complexity index is 885. The molecule has 4 aliphatic carbocycles. The summed E-state index contributed by atoms with van der Waals surface area (Å²) in [5.74, 6) is 6.27. The fourth-order valence-corrected chi connectivity index (χ4v) is 9.04. The summed E-state index contributed by atoms with van der Waals surface area (Å²) in [7, 11) is 0. The van der Waals surface area contributed by atoms with E-state index >= 15 is 0 Å². The van der Waals surface area contributed by atoms with Crippen molar-refractivity contribution in [2.45, 2.75) is 84.6 Å². The Balaban J connectivity index is 1.27. The van der Waals surface area contributed by atoms with E-state index in [4.69, 9.17) is 5.26 Å². The van der Waals surface area contributed by atoms with Crippen LogP contribution in [0.1, 0.15) is 94.5 Å². The van der Waals surface area contributed by atoms with Crippen LogP contribution in [0, 0.1) is 58.2 Å². The second kappa shape index (κ2) is 8.51. The number of rotatable bonds is 3. The van der Waals surface area contributed by atoms with Crippen LogP contribution in [0.5, 0.6) is 0 Å². The van der Waals surface area contributed by atoms with Crippen molar-refractivity contribution in [2.75, 3.05) is 0 Å². The second-order valence-corrected chi connectivity index (χ2v) is 12.0. The number of nitriles is 1. The van der Waals surface area contributed by atoms with Crippen LogP contribution in [0.15, 0.2) is 24.3 Å². The highest BCUT2D eigenvalue weighted by Gasteiger charge is 2.57. The number of hydrogen-bond acceptors (Lipinski definition) is 2. The highest BCUT2D eigenvalue weighted by molar-refractivity contribution is 5.94. The van der Waals surface area contributed by atoms with Crippen molar-refractivity contribution in [1.29, 1.82) is 5.26 Å². The van der Waals surface area contributed by atoms with Gasteiger partial charge in [-0.05, 0) is 129 Å². The van der Waals surface area contributed by atoms with Gasteiger partial charge in [0.25, 0.3) is 5.91 Å². The summed E-state index contributed by atoms with van der Waals surface area (Å²) in [4.78, 5) is 12.9. The molecule has 172 valence electrons. The Morgan fingerprint density at radius 2 is 1.78 bits per heavy atom. The number of carbonyl (C=O) groups excluding carboxylic acids is 1. The van der Waals surface area contributed by atoms with Gasteiger partial charge in [-0.25, -0.2) is 0 Å². The highest BCUT2D eigenvalue weighted by atomic mass is 16.1. The van der Waals surface area contributed by atoms with Crippen molar-refractivity contribution in [3.05, 3.63) is 35.4 Å². The molecule has 0 radical (unpaired) electrons. The molecular weight excluding hydrogens is 392 g/mol. The van der Waals surface area contributed by atoms with Gasteiger partial charge in [-0.3, -0.25) is 4.79 Å². The molecular formula is C29H40N2O. The van der Waals surface area contributed by atoms with Gasteiger partial charge in [0.05, 0.1) is 11.6 Å². The smallest absolute Gasteiger partial charge is 0.251 e. The Morgan fingerprint density at radius 1 is 1.03 bits per heavy atom. The van der Waals surface area contributed by atoms with Crippen molar-refractivity contribution in [3.63, 3.8) is 0 Å². The molecule has 0 bridgehead atoms. The fourth-order valence-electron chi connectivity index (χ4n) is 9.04. The van der Waals surface area contributed by atoms with Gasteiger partial charge in [0, 0.05) is 11.6 Å². The van der Waals surface area contributed by atoms with E-state index in [1.807, 2.05) is 0 Å². The van der Waals surface area contributed by atoms with Gasteiger partial charge in [-0.1, -0.05) is 20.3 Å². The van der Waals surface area contributed by atoms with Crippen molar-refractivity contribution in [1.82, 2.24) is 5.32 Å². The van der Waals surface area contributed by atoms with Crippen molar-refractivity contribution < 1.29 is 4.79 Å². The fraction of sp³-hybridized carbons (Fsp3) is 0.724. The predicted molar refractivity (Wildman–Crippen MR) is 128 cm³/mol. The Hall–Kier alpha value is -1.82. The standard InChI is InChI=1S/C29H40N2O/c1-18-4-10-23-22(16-18)9-11-25-24(23)14-15-29(3)26(12-13-27(25)29)19(2)31-28(32)21-7-5-20(17-30)6-8-21/h5-8,18-19,22-27H,4,9-16H2,1-3H3,(H,31,32)/t18-,19-,22+,23-,24?,25+,26?,27?,29+/m0/s1. The molecule has 0 aromatic heterocycles. The lowest BCUT2D eigenvalue weighted by molar-refractivity contribution is -0.0698. The van der Waals surface area contributed by atoms with E-state index in [1.165, 1.54) is 57.8 Å². The molecule has 1 amide bonds. The van der Waals surface area contributed by atoms with Crippen LogP contribution in [0.2, 0.25) is 0 Å². The maximum atomic E-state index is 12.9.